The zero-order valence-corrected chi connectivity index (χ0v) is 11.0. The molecule has 5 heteroatoms. The van der Waals surface area contributed by atoms with Crippen LogP contribution in [-0.2, 0) is 5.41 Å². The summed E-state index contributed by atoms with van der Waals surface area (Å²) in [6.45, 7) is 2.93. The molecule has 0 aromatic heterocycles. The zero-order valence-electron chi connectivity index (χ0n) is 10.2. The van der Waals surface area contributed by atoms with Crippen molar-refractivity contribution < 1.29 is 14.6 Å². The van der Waals surface area contributed by atoms with E-state index in [4.69, 9.17) is 26.8 Å². The van der Waals surface area contributed by atoms with E-state index >= 15 is 0 Å². The molecule has 1 aromatic rings. The van der Waals surface area contributed by atoms with Gasteiger partial charge in [-0.25, -0.2) is 0 Å². The highest BCUT2D eigenvalue weighted by Gasteiger charge is 2.52. The molecule has 0 bridgehead atoms. The molecule has 0 amide bonds. The van der Waals surface area contributed by atoms with E-state index in [1.807, 2.05) is 6.92 Å². The third kappa shape index (κ3) is 1.56. The van der Waals surface area contributed by atoms with E-state index < -0.39 is 0 Å². The summed E-state index contributed by atoms with van der Waals surface area (Å²) < 4.78 is 11.2. The normalized spacial score (nSPS) is 21.5. The molecule has 1 saturated carbocycles. The van der Waals surface area contributed by atoms with E-state index in [0.29, 0.717) is 29.7 Å². The molecule has 98 valence electrons. The number of phenols is 1. The molecule has 1 aliphatic carbocycles. The molecule has 1 atom stereocenters. The SMILES string of the molecule is CC(N)C1(c2c(O)c(Cl)cc3c2OCCO3)CC1. The Kier molecular flexibility index (Phi) is 2.61. The summed E-state index contributed by atoms with van der Waals surface area (Å²) in [7, 11) is 0. The van der Waals surface area contributed by atoms with Gasteiger partial charge in [0.05, 0.1) is 5.02 Å². The van der Waals surface area contributed by atoms with Gasteiger partial charge in [-0.05, 0) is 19.8 Å². The van der Waals surface area contributed by atoms with Crippen molar-refractivity contribution in [3.63, 3.8) is 0 Å². The van der Waals surface area contributed by atoms with Crippen LogP contribution < -0.4 is 15.2 Å². The average Bonchev–Trinajstić information content (AvgIpc) is 3.12. The fourth-order valence-electron chi connectivity index (χ4n) is 2.67. The first-order valence-electron chi connectivity index (χ1n) is 6.13. The Labute approximate surface area is 111 Å². The monoisotopic (exact) mass is 269 g/mol. The van der Waals surface area contributed by atoms with Crippen LogP contribution in [0.1, 0.15) is 25.3 Å². The minimum atomic E-state index is -0.222. The molecule has 3 rings (SSSR count). The van der Waals surface area contributed by atoms with Crippen molar-refractivity contribution in [1.82, 2.24) is 0 Å². The Bertz CT molecular complexity index is 497. The van der Waals surface area contributed by atoms with Gasteiger partial charge in [-0.1, -0.05) is 11.6 Å². The quantitative estimate of drug-likeness (QED) is 0.864. The van der Waals surface area contributed by atoms with Crippen LogP contribution in [0.3, 0.4) is 0 Å². The number of hydrogen-bond acceptors (Lipinski definition) is 4. The predicted octanol–water partition coefficient (Wildman–Crippen LogP) is 2.20. The van der Waals surface area contributed by atoms with Gasteiger partial charge in [-0.3, -0.25) is 0 Å². The summed E-state index contributed by atoms with van der Waals surface area (Å²) in [5.41, 5.74) is 6.57. The van der Waals surface area contributed by atoms with Crippen LogP contribution in [0.15, 0.2) is 6.07 Å². The molecule has 1 fully saturated rings. The summed E-state index contributed by atoms with van der Waals surface area (Å²) in [5, 5.41) is 10.5. The maximum Gasteiger partial charge on any atom is 0.168 e. The molecule has 18 heavy (non-hydrogen) atoms. The number of fused-ring (bicyclic) bond motifs is 1. The van der Waals surface area contributed by atoms with Crippen LogP contribution in [0, 0.1) is 0 Å². The lowest BCUT2D eigenvalue weighted by atomic mass is 9.87. The molecule has 0 spiro atoms. The molecule has 1 aliphatic heterocycles. The highest BCUT2D eigenvalue weighted by molar-refractivity contribution is 6.32. The smallest absolute Gasteiger partial charge is 0.168 e. The number of rotatable bonds is 2. The number of aromatic hydroxyl groups is 1. The molecular formula is C13H16ClNO3. The van der Waals surface area contributed by atoms with Crippen LogP contribution in [0.4, 0.5) is 0 Å². The Morgan fingerprint density at radius 2 is 2.06 bits per heavy atom. The van der Waals surface area contributed by atoms with Crippen LogP contribution in [0.2, 0.25) is 5.02 Å². The number of hydrogen-bond donors (Lipinski definition) is 2. The summed E-state index contributed by atoms with van der Waals surface area (Å²) in [6, 6.07) is 1.54. The van der Waals surface area contributed by atoms with Crippen molar-refractivity contribution in [2.75, 3.05) is 13.2 Å². The standard InChI is InChI=1S/C13H16ClNO3/c1-7(15)13(2-3-13)10-11(16)8(14)6-9-12(10)18-5-4-17-9/h6-7,16H,2-5,15H2,1H3. The van der Waals surface area contributed by atoms with E-state index in [1.54, 1.807) is 6.07 Å². The van der Waals surface area contributed by atoms with Crippen LogP contribution in [0.5, 0.6) is 17.2 Å². The zero-order chi connectivity index (χ0) is 12.9. The Morgan fingerprint density at radius 1 is 1.39 bits per heavy atom. The van der Waals surface area contributed by atoms with Gasteiger partial charge in [0.2, 0.25) is 0 Å². The van der Waals surface area contributed by atoms with E-state index in [-0.39, 0.29) is 17.2 Å². The third-order valence-corrected chi connectivity index (χ3v) is 4.21. The molecule has 2 aliphatic rings. The fraction of sp³-hybridized carbons (Fsp3) is 0.538. The highest BCUT2D eigenvalue weighted by atomic mass is 35.5. The van der Waals surface area contributed by atoms with Crippen molar-refractivity contribution in [2.24, 2.45) is 5.73 Å². The first kappa shape index (κ1) is 11.9. The van der Waals surface area contributed by atoms with Gasteiger partial charge in [0.1, 0.15) is 19.0 Å². The van der Waals surface area contributed by atoms with Crippen LogP contribution >= 0.6 is 11.6 Å². The van der Waals surface area contributed by atoms with E-state index in [9.17, 15) is 5.11 Å². The number of phenolic OH excluding ortho intramolecular Hbond substituents is 1. The molecule has 1 aromatic carbocycles. The number of benzene rings is 1. The average molecular weight is 270 g/mol. The minimum absolute atomic E-state index is 0.0588. The molecule has 0 radical (unpaired) electrons. The second-order valence-electron chi connectivity index (χ2n) is 5.05. The fourth-order valence-corrected chi connectivity index (χ4v) is 2.87. The second kappa shape index (κ2) is 3.93. The summed E-state index contributed by atoms with van der Waals surface area (Å²) >= 11 is 6.06. The first-order valence-corrected chi connectivity index (χ1v) is 6.51. The van der Waals surface area contributed by atoms with Gasteiger partial charge >= 0.3 is 0 Å². The van der Waals surface area contributed by atoms with Crippen molar-refractivity contribution in [3.8, 4) is 17.2 Å². The second-order valence-corrected chi connectivity index (χ2v) is 5.46. The van der Waals surface area contributed by atoms with E-state index in [2.05, 4.69) is 0 Å². The van der Waals surface area contributed by atoms with Crippen molar-refractivity contribution in [2.45, 2.75) is 31.2 Å². The van der Waals surface area contributed by atoms with Crippen LogP contribution in [0.25, 0.3) is 0 Å². The number of halogens is 1. The van der Waals surface area contributed by atoms with E-state index in [0.717, 1.165) is 18.4 Å². The minimum Gasteiger partial charge on any atom is -0.506 e. The van der Waals surface area contributed by atoms with Crippen molar-refractivity contribution in [1.29, 1.82) is 0 Å². The van der Waals surface area contributed by atoms with Gasteiger partial charge in [-0.2, -0.15) is 0 Å². The molecule has 1 unspecified atom stereocenters. The lowest BCUT2D eigenvalue weighted by molar-refractivity contribution is 0.167. The highest BCUT2D eigenvalue weighted by Crippen LogP contribution is 2.59. The van der Waals surface area contributed by atoms with Gasteiger partial charge in [0.15, 0.2) is 11.5 Å². The summed E-state index contributed by atoms with van der Waals surface area (Å²) in [6.07, 6.45) is 1.88. The maximum absolute atomic E-state index is 10.3. The van der Waals surface area contributed by atoms with Crippen molar-refractivity contribution >= 4 is 11.6 Å². The third-order valence-electron chi connectivity index (χ3n) is 3.92. The van der Waals surface area contributed by atoms with Crippen LogP contribution in [-0.4, -0.2) is 24.4 Å². The maximum atomic E-state index is 10.3. The molecule has 3 N–H and O–H groups in total. The number of ether oxygens (including phenoxy) is 2. The van der Waals surface area contributed by atoms with Gasteiger partial charge < -0.3 is 20.3 Å². The Morgan fingerprint density at radius 3 is 2.67 bits per heavy atom. The van der Waals surface area contributed by atoms with Gasteiger partial charge in [-0.15, -0.1) is 0 Å². The Balaban J connectivity index is 2.21. The lowest BCUT2D eigenvalue weighted by Crippen LogP contribution is -2.32. The van der Waals surface area contributed by atoms with E-state index in [1.165, 1.54) is 0 Å². The topological polar surface area (TPSA) is 64.7 Å². The predicted molar refractivity (Wildman–Crippen MR) is 68.7 cm³/mol. The lowest BCUT2D eigenvalue weighted by Gasteiger charge is -2.28. The Hall–Kier alpha value is -1.13. The molecular weight excluding hydrogens is 254 g/mol. The molecule has 4 nitrogen and oxygen atoms in total. The van der Waals surface area contributed by atoms with Gasteiger partial charge in [0.25, 0.3) is 0 Å². The number of nitrogens with two attached hydrogens (primary N) is 1. The first-order chi connectivity index (χ1) is 8.56. The van der Waals surface area contributed by atoms with Crippen molar-refractivity contribution in [3.05, 3.63) is 16.7 Å². The van der Waals surface area contributed by atoms with Gasteiger partial charge in [0, 0.05) is 23.1 Å². The largest absolute Gasteiger partial charge is 0.506 e. The molecule has 1 heterocycles. The summed E-state index contributed by atoms with van der Waals surface area (Å²) in [4.78, 5) is 0. The summed E-state index contributed by atoms with van der Waals surface area (Å²) in [5.74, 6) is 1.29. The molecule has 0 saturated heterocycles.